The van der Waals surface area contributed by atoms with Crippen LogP contribution in [0, 0.1) is 18.3 Å². The molecule has 0 aliphatic carbocycles. The van der Waals surface area contributed by atoms with E-state index in [1.807, 2.05) is 20.8 Å². The molecule has 1 heterocycles. The largest absolute Gasteiger partial charge is 0.299 e. The Hall–Kier alpha value is -0.810. The van der Waals surface area contributed by atoms with Crippen LogP contribution in [0.15, 0.2) is 0 Å². The van der Waals surface area contributed by atoms with Crippen molar-refractivity contribution in [3.05, 3.63) is 0 Å². The van der Waals surface area contributed by atoms with Crippen molar-refractivity contribution in [2.24, 2.45) is 5.92 Å². The first-order chi connectivity index (χ1) is 5.97. The van der Waals surface area contributed by atoms with Crippen LogP contribution in [0.5, 0.6) is 0 Å². The van der Waals surface area contributed by atoms with Crippen LogP contribution >= 0.6 is 0 Å². The van der Waals surface area contributed by atoms with Crippen molar-refractivity contribution >= 4 is 5.78 Å². The van der Waals surface area contributed by atoms with Gasteiger partial charge in [-0.05, 0) is 13.8 Å². The first kappa shape index (κ1) is 10.3. The van der Waals surface area contributed by atoms with Crippen molar-refractivity contribution in [1.29, 1.82) is 0 Å². The second kappa shape index (κ2) is 3.51. The summed E-state index contributed by atoms with van der Waals surface area (Å²) in [7, 11) is 0. The van der Waals surface area contributed by atoms with Gasteiger partial charge >= 0.3 is 0 Å². The zero-order valence-corrected chi connectivity index (χ0v) is 8.63. The van der Waals surface area contributed by atoms with Gasteiger partial charge in [0.25, 0.3) is 0 Å². The topological polar surface area (TPSA) is 20.3 Å². The van der Waals surface area contributed by atoms with Crippen LogP contribution in [0.2, 0.25) is 0 Å². The second-order valence-electron chi connectivity index (χ2n) is 4.27. The normalized spacial score (nSPS) is 25.7. The number of carbonyl (C=O) groups is 1. The molecule has 1 aliphatic heterocycles. The quantitative estimate of drug-likeness (QED) is 0.566. The average molecular weight is 179 g/mol. The number of hydrogen-bond donors (Lipinski definition) is 0. The maximum absolute atomic E-state index is 11.3. The number of Topliss-reactive ketones (excluding diaryl/α,β-unsaturated/α-hetero) is 1. The van der Waals surface area contributed by atoms with Crippen LogP contribution in [-0.4, -0.2) is 29.3 Å². The monoisotopic (exact) mass is 179 g/mol. The molecule has 72 valence electrons. The highest BCUT2D eigenvalue weighted by atomic mass is 16.1. The van der Waals surface area contributed by atoms with Gasteiger partial charge in [0, 0.05) is 25.4 Å². The summed E-state index contributed by atoms with van der Waals surface area (Å²) in [4.78, 5) is 13.5. The highest BCUT2D eigenvalue weighted by Crippen LogP contribution is 2.20. The van der Waals surface area contributed by atoms with E-state index in [2.05, 4.69) is 10.8 Å². The molecular weight excluding hydrogens is 162 g/mol. The lowest BCUT2D eigenvalue weighted by molar-refractivity contribution is -0.126. The van der Waals surface area contributed by atoms with Crippen LogP contribution in [0.4, 0.5) is 0 Å². The summed E-state index contributed by atoms with van der Waals surface area (Å²) in [6.07, 6.45) is 6.09. The lowest BCUT2D eigenvalue weighted by atomic mass is 9.93. The molecule has 0 aromatic heterocycles. The molecule has 0 radical (unpaired) electrons. The minimum atomic E-state index is -0.213. The molecule has 2 heteroatoms. The summed E-state index contributed by atoms with van der Waals surface area (Å²) in [5.41, 5.74) is -0.213. The Labute approximate surface area is 80.3 Å². The van der Waals surface area contributed by atoms with E-state index in [1.54, 1.807) is 0 Å². The fourth-order valence-electron chi connectivity index (χ4n) is 1.61. The SMILES string of the molecule is C#CC(C)(C)N1CCC(=O)[C@@H](C)C1. The Bertz CT molecular complexity index is 249. The number of hydrogen-bond acceptors (Lipinski definition) is 2. The van der Waals surface area contributed by atoms with Gasteiger partial charge < -0.3 is 0 Å². The Morgan fingerprint density at radius 3 is 2.69 bits per heavy atom. The van der Waals surface area contributed by atoms with Gasteiger partial charge in [0.15, 0.2) is 0 Å². The van der Waals surface area contributed by atoms with E-state index in [4.69, 9.17) is 6.42 Å². The Morgan fingerprint density at radius 1 is 1.62 bits per heavy atom. The zero-order chi connectivity index (χ0) is 10.1. The highest BCUT2D eigenvalue weighted by Gasteiger charge is 2.31. The summed E-state index contributed by atoms with van der Waals surface area (Å²) in [5, 5.41) is 0. The Balaban J connectivity index is 2.66. The van der Waals surface area contributed by atoms with E-state index in [9.17, 15) is 4.79 Å². The van der Waals surface area contributed by atoms with Crippen molar-refractivity contribution in [3.63, 3.8) is 0 Å². The molecule has 0 aromatic carbocycles. The molecule has 2 nitrogen and oxygen atoms in total. The summed E-state index contributed by atoms with van der Waals surface area (Å²) in [6.45, 7) is 7.63. The first-order valence-corrected chi connectivity index (χ1v) is 4.73. The van der Waals surface area contributed by atoms with Crippen molar-refractivity contribution in [3.8, 4) is 12.3 Å². The fourth-order valence-corrected chi connectivity index (χ4v) is 1.61. The van der Waals surface area contributed by atoms with Gasteiger partial charge in [0.1, 0.15) is 5.78 Å². The molecular formula is C11H17NO. The number of likely N-dealkylation sites (tertiary alicyclic amines) is 1. The molecule has 1 atom stereocenters. The first-order valence-electron chi connectivity index (χ1n) is 4.73. The number of rotatable bonds is 1. The standard InChI is InChI=1S/C11H17NO/c1-5-11(3,4)12-7-6-10(13)9(2)8-12/h1,9H,6-8H2,2-4H3/t9-/m0/s1. The summed E-state index contributed by atoms with van der Waals surface area (Å²) in [6, 6.07) is 0. The smallest absolute Gasteiger partial charge is 0.138 e. The van der Waals surface area contributed by atoms with E-state index >= 15 is 0 Å². The van der Waals surface area contributed by atoms with Gasteiger partial charge in [-0.2, -0.15) is 0 Å². The van der Waals surface area contributed by atoms with Crippen molar-refractivity contribution in [1.82, 2.24) is 4.90 Å². The number of carbonyl (C=O) groups excluding carboxylic acids is 1. The number of ketones is 1. The third kappa shape index (κ3) is 2.10. The summed E-state index contributed by atoms with van der Waals surface area (Å²) in [5.74, 6) is 3.27. The van der Waals surface area contributed by atoms with Crippen LogP contribution in [0.25, 0.3) is 0 Å². The van der Waals surface area contributed by atoms with Gasteiger partial charge in [0.2, 0.25) is 0 Å². The van der Waals surface area contributed by atoms with E-state index in [0.29, 0.717) is 12.2 Å². The van der Waals surface area contributed by atoms with Gasteiger partial charge in [-0.3, -0.25) is 9.69 Å². The molecule has 1 fully saturated rings. The maximum atomic E-state index is 11.3. The predicted molar refractivity (Wildman–Crippen MR) is 53.3 cm³/mol. The van der Waals surface area contributed by atoms with Crippen molar-refractivity contribution < 1.29 is 4.79 Å². The molecule has 0 bridgehead atoms. The molecule has 13 heavy (non-hydrogen) atoms. The molecule has 1 rings (SSSR count). The van der Waals surface area contributed by atoms with Crippen LogP contribution < -0.4 is 0 Å². The average Bonchev–Trinajstić information content (AvgIpc) is 2.09. The summed E-state index contributed by atoms with van der Waals surface area (Å²) >= 11 is 0. The van der Waals surface area contributed by atoms with E-state index < -0.39 is 0 Å². The third-order valence-corrected chi connectivity index (χ3v) is 2.82. The lowest BCUT2D eigenvalue weighted by Crippen LogP contribution is -2.50. The van der Waals surface area contributed by atoms with Gasteiger partial charge in [0.05, 0.1) is 5.54 Å². The molecule has 0 saturated carbocycles. The van der Waals surface area contributed by atoms with E-state index in [0.717, 1.165) is 13.1 Å². The minimum absolute atomic E-state index is 0.140. The van der Waals surface area contributed by atoms with E-state index in [1.165, 1.54) is 0 Å². The molecule has 0 spiro atoms. The van der Waals surface area contributed by atoms with Crippen molar-refractivity contribution in [2.45, 2.75) is 32.7 Å². The van der Waals surface area contributed by atoms with Gasteiger partial charge in [-0.1, -0.05) is 12.8 Å². The molecule has 0 N–H and O–H groups in total. The third-order valence-electron chi connectivity index (χ3n) is 2.82. The summed E-state index contributed by atoms with van der Waals surface area (Å²) < 4.78 is 0. The van der Waals surface area contributed by atoms with E-state index in [-0.39, 0.29) is 11.5 Å². The Morgan fingerprint density at radius 2 is 2.23 bits per heavy atom. The number of piperidine rings is 1. The molecule has 0 amide bonds. The molecule has 0 aromatic rings. The van der Waals surface area contributed by atoms with Crippen molar-refractivity contribution in [2.75, 3.05) is 13.1 Å². The predicted octanol–water partition coefficient (Wildman–Crippen LogP) is 1.31. The molecule has 0 unspecified atom stereocenters. The fraction of sp³-hybridized carbons (Fsp3) is 0.727. The van der Waals surface area contributed by atoms with Crippen LogP contribution in [-0.2, 0) is 4.79 Å². The van der Waals surface area contributed by atoms with Gasteiger partial charge in [-0.15, -0.1) is 6.42 Å². The minimum Gasteiger partial charge on any atom is -0.299 e. The van der Waals surface area contributed by atoms with Gasteiger partial charge in [-0.25, -0.2) is 0 Å². The Kier molecular flexibility index (Phi) is 2.77. The lowest BCUT2D eigenvalue weighted by Gasteiger charge is -2.39. The highest BCUT2D eigenvalue weighted by molar-refractivity contribution is 5.81. The zero-order valence-electron chi connectivity index (χ0n) is 8.63. The molecule has 1 saturated heterocycles. The second-order valence-corrected chi connectivity index (χ2v) is 4.27. The maximum Gasteiger partial charge on any atom is 0.138 e. The van der Waals surface area contributed by atoms with Crippen LogP contribution in [0.1, 0.15) is 27.2 Å². The number of terminal acetylenes is 1. The van der Waals surface area contributed by atoms with Crippen LogP contribution in [0.3, 0.4) is 0 Å². The number of nitrogens with zero attached hydrogens (tertiary/aromatic N) is 1. The molecule has 1 aliphatic rings.